The van der Waals surface area contributed by atoms with Gasteiger partial charge in [-0.2, -0.15) is 5.10 Å². The maximum absolute atomic E-state index is 13.9. The van der Waals surface area contributed by atoms with Gasteiger partial charge in [-0.05, 0) is 43.5 Å². The molecule has 1 aromatic heterocycles. The van der Waals surface area contributed by atoms with Crippen LogP contribution in [0.1, 0.15) is 60.7 Å². The summed E-state index contributed by atoms with van der Waals surface area (Å²) in [6.45, 7) is 7.14. The van der Waals surface area contributed by atoms with Crippen LogP contribution in [0.4, 0.5) is 4.39 Å². The lowest BCUT2D eigenvalue weighted by molar-refractivity contribution is -0.144. The van der Waals surface area contributed by atoms with Gasteiger partial charge in [0.1, 0.15) is 23.6 Å². The predicted octanol–water partition coefficient (Wildman–Crippen LogP) is -0.198. The van der Waals surface area contributed by atoms with E-state index in [4.69, 9.17) is 5.73 Å². The lowest BCUT2D eigenvalue weighted by Crippen LogP contribution is -2.59. The average molecular weight is 573 g/mol. The first-order chi connectivity index (χ1) is 19.2. The molecule has 41 heavy (non-hydrogen) atoms. The zero-order valence-electron chi connectivity index (χ0n) is 23.7. The summed E-state index contributed by atoms with van der Waals surface area (Å²) in [5.41, 5.74) is 5.02. The first-order valence-corrected chi connectivity index (χ1v) is 13.2. The summed E-state index contributed by atoms with van der Waals surface area (Å²) in [7, 11) is 1.62. The molecule has 0 spiro atoms. The van der Waals surface area contributed by atoms with Crippen LogP contribution in [-0.4, -0.2) is 82.4 Å². The van der Waals surface area contributed by atoms with E-state index in [1.807, 2.05) is 0 Å². The van der Waals surface area contributed by atoms with E-state index in [9.17, 15) is 28.4 Å². The predicted molar refractivity (Wildman–Crippen MR) is 147 cm³/mol. The van der Waals surface area contributed by atoms with Crippen LogP contribution in [0.5, 0.6) is 0 Å². The van der Waals surface area contributed by atoms with Gasteiger partial charge in [0.25, 0.3) is 11.8 Å². The van der Waals surface area contributed by atoms with Crippen molar-refractivity contribution < 1.29 is 28.4 Å². The molecule has 1 saturated heterocycles. The number of hydrogen-bond acceptors (Lipinski definition) is 7. The summed E-state index contributed by atoms with van der Waals surface area (Å²) in [6.07, 6.45) is 0.0846. The molecule has 4 atom stereocenters. The Labute approximate surface area is 237 Å². The van der Waals surface area contributed by atoms with Crippen molar-refractivity contribution in [3.8, 4) is 0 Å². The highest BCUT2D eigenvalue weighted by atomic mass is 19.1. The Balaban J connectivity index is 1.83. The van der Waals surface area contributed by atoms with Gasteiger partial charge in [-0.3, -0.25) is 29.1 Å². The number of benzene rings is 1. The second kappa shape index (κ2) is 12.9. The molecule has 5 amide bonds. The molecule has 2 heterocycles. The lowest BCUT2D eigenvalue weighted by Gasteiger charge is -2.36. The van der Waals surface area contributed by atoms with Gasteiger partial charge in [-0.1, -0.05) is 32.9 Å². The summed E-state index contributed by atoms with van der Waals surface area (Å²) in [4.78, 5) is 65.6. The fourth-order valence-corrected chi connectivity index (χ4v) is 4.38. The Hall–Kier alpha value is -4.33. The van der Waals surface area contributed by atoms with E-state index in [2.05, 4.69) is 31.5 Å². The first-order valence-electron chi connectivity index (χ1n) is 13.2. The number of hydrogen-bond donors (Lipinski definition) is 6. The molecule has 3 rings (SSSR count). The van der Waals surface area contributed by atoms with Crippen molar-refractivity contribution in [3.05, 3.63) is 53.1 Å². The summed E-state index contributed by atoms with van der Waals surface area (Å²) >= 11 is 0. The van der Waals surface area contributed by atoms with Crippen molar-refractivity contribution >= 4 is 29.5 Å². The Morgan fingerprint density at radius 1 is 1.17 bits per heavy atom. The fourth-order valence-electron chi connectivity index (χ4n) is 4.38. The van der Waals surface area contributed by atoms with E-state index in [0.717, 1.165) is 0 Å². The summed E-state index contributed by atoms with van der Waals surface area (Å²) in [5, 5.41) is 17.3. The number of aromatic nitrogens is 2. The van der Waals surface area contributed by atoms with Crippen molar-refractivity contribution in [2.75, 3.05) is 13.6 Å². The second-order valence-corrected chi connectivity index (χ2v) is 11.1. The number of primary amides is 1. The number of nitrogens with zero attached hydrogens (tertiary/aromatic N) is 2. The standard InChI is InChI=1S/C27H37FN8O5/c1-14(30-5)23(38)33-21(27(2,3)4)26(41)36-13-17(32-24(39)19-11-18(22(29)37)34-35-19)10-20(36)25(40)31-12-15-6-8-16(28)9-7-15/h6-9,11,14,17,20-21,30H,10,12-13H2,1-5H3,(H2,29,37)(H,31,40)(H,32,39)(H,33,38)(H,34,35)/t14-,17-,20-,21+/m0/s1. The number of carbonyl (C=O) groups is 5. The number of likely N-dealkylation sites (tertiary alicyclic amines) is 1. The number of nitrogens with two attached hydrogens (primary N) is 1. The molecule has 1 aliphatic rings. The van der Waals surface area contributed by atoms with E-state index in [1.54, 1.807) is 34.7 Å². The third-order valence-electron chi connectivity index (χ3n) is 6.90. The fraction of sp³-hybridized carbons (Fsp3) is 0.481. The van der Waals surface area contributed by atoms with Gasteiger partial charge in [0.05, 0.1) is 6.04 Å². The third kappa shape index (κ3) is 7.87. The van der Waals surface area contributed by atoms with Gasteiger partial charge >= 0.3 is 0 Å². The molecular formula is C27H37FN8O5. The van der Waals surface area contributed by atoms with Gasteiger partial charge in [0.2, 0.25) is 17.7 Å². The highest BCUT2D eigenvalue weighted by molar-refractivity contribution is 5.98. The summed E-state index contributed by atoms with van der Waals surface area (Å²) in [6, 6.07) is 3.69. The van der Waals surface area contributed by atoms with Crippen molar-refractivity contribution in [1.29, 1.82) is 0 Å². The average Bonchev–Trinajstić information content (AvgIpc) is 3.58. The Morgan fingerprint density at radius 2 is 1.83 bits per heavy atom. The molecule has 0 bridgehead atoms. The zero-order valence-corrected chi connectivity index (χ0v) is 23.7. The highest BCUT2D eigenvalue weighted by Crippen LogP contribution is 2.26. The van der Waals surface area contributed by atoms with Crippen LogP contribution < -0.4 is 27.0 Å². The monoisotopic (exact) mass is 572 g/mol. The van der Waals surface area contributed by atoms with Gasteiger partial charge in [-0.25, -0.2) is 4.39 Å². The minimum atomic E-state index is -0.974. The smallest absolute Gasteiger partial charge is 0.269 e. The van der Waals surface area contributed by atoms with Crippen LogP contribution >= 0.6 is 0 Å². The topological polar surface area (TPSA) is 191 Å². The molecule has 2 aromatic rings. The number of aromatic amines is 1. The molecule has 0 unspecified atom stereocenters. The van der Waals surface area contributed by atoms with Crippen molar-refractivity contribution in [2.45, 2.75) is 64.8 Å². The number of carbonyl (C=O) groups excluding carboxylic acids is 5. The van der Waals surface area contributed by atoms with E-state index >= 15 is 0 Å². The molecule has 1 fully saturated rings. The van der Waals surface area contributed by atoms with Crippen LogP contribution in [0.15, 0.2) is 30.3 Å². The number of H-pyrrole nitrogens is 1. The maximum atomic E-state index is 13.9. The molecule has 1 aromatic carbocycles. The molecule has 0 radical (unpaired) electrons. The molecule has 1 aliphatic heterocycles. The number of rotatable bonds is 10. The van der Waals surface area contributed by atoms with E-state index in [0.29, 0.717) is 5.56 Å². The first kappa shape index (κ1) is 31.2. The van der Waals surface area contributed by atoms with Gasteiger partial charge < -0.3 is 31.9 Å². The molecule has 13 nitrogen and oxygen atoms in total. The van der Waals surface area contributed by atoms with Crippen molar-refractivity contribution in [3.63, 3.8) is 0 Å². The molecule has 222 valence electrons. The molecule has 0 aliphatic carbocycles. The maximum Gasteiger partial charge on any atom is 0.269 e. The summed E-state index contributed by atoms with van der Waals surface area (Å²) in [5.74, 6) is -3.15. The zero-order chi connectivity index (χ0) is 30.5. The normalized spacial score (nSPS) is 18.3. The van der Waals surface area contributed by atoms with Gasteiger partial charge in [-0.15, -0.1) is 0 Å². The van der Waals surface area contributed by atoms with Crippen molar-refractivity contribution in [1.82, 2.24) is 36.4 Å². The highest BCUT2D eigenvalue weighted by Gasteiger charge is 2.45. The van der Waals surface area contributed by atoms with Crippen LogP contribution in [0, 0.1) is 11.2 Å². The largest absolute Gasteiger partial charge is 0.364 e. The van der Waals surface area contributed by atoms with Crippen LogP contribution in [0.2, 0.25) is 0 Å². The Bertz CT molecular complexity index is 1290. The number of likely N-dealkylation sites (N-methyl/N-ethyl adjacent to an activating group) is 1. The Morgan fingerprint density at radius 3 is 2.39 bits per heavy atom. The SMILES string of the molecule is CN[C@@H](C)C(=O)N[C@H](C(=O)N1C[C@@H](NC(=O)c2cc(C(N)=O)n[nH]2)C[C@H]1C(=O)NCc1ccc(F)cc1)C(C)(C)C. The second-order valence-electron chi connectivity index (χ2n) is 11.1. The molecule has 0 saturated carbocycles. The number of amides is 5. The Kier molecular flexibility index (Phi) is 9.81. The van der Waals surface area contributed by atoms with Gasteiger partial charge in [0, 0.05) is 25.2 Å². The lowest BCUT2D eigenvalue weighted by atomic mass is 9.85. The number of halogens is 1. The minimum Gasteiger partial charge on any atom is -0.364 e. The van der Waals surface area contributed by atoms with E-state index < -0.39 is 59.0 Å². The van der Waals surface area contributed by atoms with Crippen LogP contribution in [0.25, 0.3) is 0 Å². The van der Waals surface area contributed by atoms with E-state index in [-0.39, 0.29) is 36.8 Å². The minimum absolute atomic E-state index is 0.0122. The molecule has 14 heteroatoms. The molecule has 7 N–H and O–H groups in total. The van der Waals surface area contributed by atoms with E-state index in [1.165, 1.54) is 35.2 Å². The number of nitrogens with one attached hydrogen (secondary N) is 5. The third-order valence-corrected chi connectivity index (χ3v) is 6.90. The van der Waals surface area contributed by atoms with Crippen LogP contribution in [0.3, 0.4) is 0 Å². The van der Waals surface area contributed by atoms with Crippen molar-refractivity contribution in [2.24, 2.45) is 11.1 Å². The van der Waals surface area contributed by atoms with Crippen LogP contribution in [-0.2, 0) is 20.9 Å². The van der Waals surface area contributed by atoms with Gasteiger partial charge in [0.15, 0.2) is 5.69 Å². The molecular weight excluding hydrogens is 535 g/mol. The quantitative estimate of drug-likeness (QED) is 0.227. The summed E-state index contributed by atoms with van der Waals surface area (Å²) < 4.78 is 13.3.